The fraction of sp³-hybridized carbons (Fsp3) is 0.360. The van der Waals surface area contributed by atoms with Crippen LogP contribution in [-0.4, -0.2) is 45.7 Å². The Hall–Kier alpha value is -3.52. The molecule has 1 spiro atoms. The zero-order chi connectivity index (χ0) is 24.4. The van der Waals surface area contributed by atoms with Crippen molar-refractivity contribution in [3.8, 4) is 17.6 Å². The molecule has 5 rings (SSSR count). The van der Waals surface area contributed by atoms with Crippen molar-refractivity contribution in [3.63, 3.8) is 0 Å². The van der Waals surface area contributed by atoms with Crippen LogP contribution in [0, 0.1) is 17.3 Å². The molecule has 1 aliphatic heterocycles. The van der Waals surface area contributed by atoms with Gasteiger partial charge in [-0.2, -0.15) is 0 Å². The van der Waals surface area contributed by atoms with E-state index < -0.39 is 5.91 Å². The molecule has 0 bridgehead atoms. The number of hydrogen-bond acceptors (Lipinski definition) is 9. The van der Waals surface area contributed by atoms with Gasteiger partial charge < -0.3 is 26.2 Å². The van der Waals surface area contributed by atoms with E-state index in [1.807, 2.05) is 5.51 Å². The molecular weight excluding hydrogens is 464 g/mol. The van der Waals surface area contributed by atoms with Crippen LogP contribution in [0.4, 0.5) is 5.82 Å². The number of hydrogen-bond donors (Lipinski definition) is 3. The smallest absolute Gasteiger partial charge is 0.248 e. The summed E-state index contributed by atoms with van der Waals surface area (Å²) < 4.78 is 5.56. The lowest BCUT2D eigenvalue weighted by atomic mass is 9.73. The van der Waals surface area contributed by atoms with E-state index in [-0.39, 0.29) is 24.7 Å². The van der Waals surface area contributed by atoms with E-state index in [2.05, 4.69) is 31.7 Å². The van der Waals surface area contributed by atoms with Gasteiger partial charge in [-0.25, -0.2) is 15.0 Å². The van der Waals surface area contributed by atoms with Crippen molar-refractivity contribution in [2.75, 3.05) is 24.6 Å². The summed E-state index contributed by atoms with van der Waals surface area (Å²) in [5, 5.41) is 9.93. The van der Waals surface area contributed by atoms with Gasteiger partial charge in [0.1, 0.15) is 23.7 Å². The number of anilines is 1. The molecule has 1 fully saturated rings. The highest BCUT2D eigenvalue weighted by Gasteiger charge is 2.47. The minimum Gasteiger partial charge on any atom is -0.481 e. The van der Waals surface area contributed by atoms with Crippen molar-refractivity contribution < 1.29 is 14.6 Å². The lowest BCUT2D eigenvalue weighted by Crippen LogP contribution is -2.45. The number of ether oxygens (including phenoxy) is 1. The number of primary amides is 1. The Morgan fingerprint density at radius 1 is 1.26 bits per heavy atom. The number of nitrogens with zero attached hydrogens (tertiary/aromatic N) is 4. The zero-order valence-corrected chi connectivity index (χ0v) is 19.9. The van der Waals surface area contributed by atoms with Crippen LogP contribution >= 0.6 is 11.3 Å². The molecule has 1 amide bonds. The molecule has 3 aromatic rings. The molecule has 2 aliphatic rings. The van der Waals surface area contributed by atoms with E-state index >= 15 is 0 Å². The first-order valence-electron chi connectivity index (χ1n) is 11.4. The van der Waals surface area contributed by atoms with Crippen LogP contribution in [0.2, 0.25) is 0 Å². The number of carbonyl (C=O) groups is 1. The van der Waals surface area contributed by atoms with Gasteiger partial charge in [0, 0.05) is 23.5 Å². The third-order valence-electron chi connectivity index (χ3n) is 6.84. The fourth-order valence-electron chi connectivity index (χ4n) is 4.85. The zero-order valence-electron chi connectivity index (χ0n) is 19.1. The summed E-state index contributed by atoms with van der Waals surface area (Å²) in [5.41, 5.74) is 16.2. The maximum atomic E-state index is 11.1. The minimum absolute atomic E-state index is 0.0183. The van der Waals surface area contributed by atoms with Crippen molar-refractivity contribution >= 4 is 23.1 Å². The second-order valence-corrected chi connectivity index (χ2v) is 9.77. The molecule has 9 nitrogen and oxygen atoms in total. The molecule has 2 aromatic heterocycles. The molecule has 1 aliphatic carbocycles. The molecular formula is C25H26N6O3S. The predicted molar refractivity (Wildman–Crippen MR) is 132 cm³/mol. The van der Waals surface area contributed by atoms with Crippen LogP contribution in [0.5, 0.6) is 5.75 Å². The van der Waals surface area contributed by atoms with Crippen molar-refractivity contribution in [1.82, 2.24) is 15.0 Å². The van der Waals surface area contributed by atoms with Gasteiger partial charge in [-0.1, -0.05) is 5.92 Å². The van der Waals surface area contributed by atoms with E-state index in [4.69, 9.17) is 16.2 Å². The first-order chi connectivity index (χ1) is 17.0. The number of thiazole rings is 1. The third kappa shape index (κ3) is 4.58. The predicted octanol–water partition coefficient (Wildman–Crippen LogP) is 1.80. The van der Waals surface area contributed by atoms with Crippen LogP contribution < -0.4 is 21.1 Å². The van der Waals surface area contributed by atoms with Crippen LogP contribution in [0.3, 0.4) is 0 Å². The lowest BCUT2D eigenvalue weighted by Gasteiger charge is -2.42. The molecule has 1 atom stereocenters. The molecule has 0 saturated carbocycles. The van der Waals surface area contributed by atoms with Gasteiger partial charge in [0.2, 0.25) is 5.91 Å². The Balaban J connectivity index is 1.20. The SMILES string of the molecule is NC(=O)c1ccc(OCC#Cc2cnc(N3CCC4(CC3)Cc3scnc3C4N)c(CO)n2)cc1. The number of aromatic nitrogens is 3. The Morgan fingerprint density at radius 3 is 2.71 bits per heavy atom. The maximum Gasteiger partial charge on any atom is 0.248 e. The molecule has 3 heterocycles. The first-order valence-corrected chi connectivity index (χ1v) is 12.3. The van der Waals surface area contributed by atoms with Gasteiger partial charge in [-0.3, -0.25) is 4.79 Å². The molecule has 5 N–H and O–H groups in total. The monoisotopic (exact) mass is 490 g/mol. The third-order valence-corrected chi connectivity index (χ3v) is 7.69. The summed E-state index contributed by atoms with van der Waals surface area (Å²) in [5.74, 6) is 6.61. The van der Waals surface area contributed by atoms with Gasteiger partial charge in [-0.05, 0) is 54.9 Å². The van der Waals surface area contributed by atoms with E-state index in [0.29, 0.717) is 28.5 Å². The normalized spacial score (nSPS) is 18.1. The summed E-state index contributed by atoms with van der Waals surface area (Å²) in [7, 11) is 0. The Bertz CT molecular complexity index is 1290. The van der Waals surface area contributed by atoms with Crippen LogP contribution in [0.25, 0.3) is 0 Å². The summed E-state index contributed by atoms with van der Waals surface area (Å²) in [6.07, 6.45) is 4.51. The van der Waals surface area contributed by atoms with Crippen molar-refractivity contribution in [2.24, 2.45) is 16.9 Å². The number of carbonyl (C=O) groups excluding carboxylic acids is 1. The van der Waals surface area contributed by atoms with Gasteiger partial charge in [-0.15, -0.1) is 11.3 Å². The number of aliphatic hydroxyl groups is 1. The van der Waals surface area contributed by atoms with Crippen LogP contribution in [-0.2, 0) is 13.0 Å². The number of amides is 1. The summed E-state index contributed by atoms with van der Waals surface area (Å²) in [6.45, 7) is 1.53. The summed E-state index contributed by atoms with van der Waals surface area (Å²) in [6, 6.07) is 6.51. The Labute approximate surface area is 207 Å². The average Bonchev–Trinajstić information content (AvgIpc) is 3.43. The maximum absolute atomic E-state index is 11.1. The van der Waals surface area contributed by atoms with Crippen molar-refractivity contribution in [2.45, 2.75) is 31.9 Å². The highest BCUT2D eigenvalue weighted by atomic mass is 32.1. The molecule has 1 aromatic carbocycles. The topological polar surface area (TPSA) is 140 Å². The second-order valence-electron chi connectivity index (χ2n) is 8.83. The van der Waals surface area contributed by atoms with Crippen molar-refractivity contribution in [1.29, 1.82) is 0 Å². The molecule has 1 saturated heterocycles. The number of rotatable bonds is 5. The summed E-state index contributed by atoms with van der Waals surface area (Å²) >= 11 is 1.70. The average molecular weight is 491 g/mol. The molecule has 10 heteroatoms. The van der Waals surface area contributed by atoms with Crippen LogP contribution in [0.15, 0.2) is 36.0 Å². The molecule has 35 heavy (non-hydrogen) atoms. The van der Waals surface area contributed by atoms with Gasteiger partial charge >= 0.3 is 0 Å². The fourth-order valence-corrected chi connectivity index (χ4v) is 5.81. The standard InChI is InChI=1S/C25H26N6O3S/c26-22-21-20(35-15-29-21)12-25(22)7-9-31(10-8-25)24-19(14-32)30-17(13-28-24)2-1-11-34-18-5-3-16(4-6-18)23(27)33/h3-6,13,15,22,32H,7-12,14,26H2,(H2,27,33). The Morgan fingerprint density at radius 2 is 2.03 bits per heavy atom. The van der Waals surface area contributed by atoms with E-state index in [1.165, 1.54) is 4.88 Å². The van der Waals surface area contributed by atoms with Gasteiger partial charge in [0.15, 0.2) is 5.82 Å². The molecule has 1 unspecified atom stereocenters. The summed E-state index contributed by atoms with van der Waals surface area (Å²) in [4.78, 5) is 28.2. The number of aliphatic hydroxyl groups excluding tert-OH is 1. The molecule has 0 radical (unpaired) electrons. The highest BCUT2D eigenvalue weighted by molar-refractivity contribution is 7.09. The quantitative estimate of drug-likeness (QED) is 0.460. The van der Waals surface area contributed by atoms with Gasteiger partial charge in [0.25, 0.3) is 0 Å². The van der Waals surface area contributed by atoms with E-state index in [0.717, 1.165) is 38.0 Å². The molecule has 180 valence electrons. The van der Waals surface area contributed by atoms with Crippen molar-refractivity contribution in [3.05, 3.63) is 63.5 Å². The minimum atomic E-state index is -0.488. The number of nitrogens with two attached hydrogens (primary N) is 2. The lowest BCUT2D eigenvalue weighted by molar-refractivity contribution is 0.1000. The number of fused-ring (bicyclic) bond motifs is 1. The second kappa shape index (κ2) is 9.62. The van der Waals surface area contributed by atoms with E-state index in [1.54, 1.807) is 41.8 Å². The first kappa shape index (κ1) is 23.2. The van der Waals surface area contributed by atoms with E-state index in [9.17, 15) is 9.90 Å². The number of benzene rings is 1. The number of piperidine rings is 1. The van der Waals surface area contributed by atoms with Gasteiger partial charge in [0.05, 0.1) is 30.1 Å². The Kier molecular flexibility index (Phi) is 6.38. The highest BCUT2D eigenvalue weighted by Crippen LogP contribution is 2.51. The largest absolute Gasteiger partial charge is 0.481 e. The van der Waals surface area contributed by atoms with Crippen LogP contribution in [0.1, 0.15) is 51.2 Å².